The molecule has 7 heteroatoms. The highest BCUT2D eigenvalue weighted by Crippen LogP contribution is 2.36. The van der Waals surface area contributed by atoms with Crippen LogP contribution in [0.1, 0.15) is 40.2 Å². The molecular weight excluding hydrogens is 334 g/mol. The van der Waals surface area contributed by atoms with Crippen LogP contribution in [0, 0.1) is 0 Å². The summed E-state index contributed by atoms with van der Waals surface area (Å²) >= 11 is 0. The normalized spacial score (nSPS) is 15.3. The number of nitrogens with one attached hydrogen (secondary N) is 1. The highest BCUT2D eigenvalue weighted by atomic mass is 16.6. The van der Waals surface area contributed by atoms with Crippen LogP contribution >= 0.6 is 0 Å². The van der Waals surface area contributed by atoms with Gasteiger partial charge in [0.15, 0.2) is 17.2 Å². The first-order valence-electron chi connectivity index (χ1n) is 8.97. The predicted molar refractivity (Wildman–Crippen MR) is 95.0 cm³/mol. The van der Waals surface area contributed by atoms with E-state index in [0.717, 1.165) is 36.8 Å². The Bertz CT molecular complexity index is 844. The lowest BCUT2D eigenvalue weighted by Gasteiger charge is -2.21. The van der Waals surface area contributed by atoms with Crippen LogP contribution in [0.5, 0.6) is 17.2 Å². The Hall–Kier alpha value is -2.70. The maximum atomic E-state index is 12.7. The van der Waals surface area contributed by atoms with Crippen molar-refractivity contribution in [3.8, 4) is 17.2 Å². The molecule has 0 fully saturated rings. The minimum atomic E-state index is -0.152. The van der Waals surface area contributed by atoms with Gasteiger partial charge in [-0.15, -0.1) is 0 Å². The van der Waals surface area contributed by atoms with Gasteiger partial charge in [0.25, 0.3) is 5.91 Å². The summed E-state index contributed by atoms with van der Waals surface area (Å²) in [4.78, 5) is 12.7. The maximum Gasteiger partial charge on any atom is 0.272 e. The Morgan fingerprint density at radius 2 is 1.96 bits per heavy atom. The summed E-state index contributed by atoms with van der Waals surface area (Å²) in [6, 6.07) is 3.67. The molecule has 0 radical (unpaired) electrons. The van der Waals surface area contributed by atoms with E-state index in [1.807, 2.05) is 17.8 Å². The Morgan fingerprint density at radius 1 is 1.23 bits per heavy atom. The number of hydrogen-bond donors (Lipinski definition) is 1. The Kier molecular flexibility index (Phi) is 4.44. The standard InChI is InChI=1S/C19H23N3O4/c1-22-14-6-4-3-5-13(14)18(21-22)19(23)20-11-12-9-16-17(10-15(12)24-2)26-8-7-25-16/h9-10H,3-8,11H2,1-2H3,(H,20,23). The largest absolute Gasteiger partial charge is 0.496 e. The molecule has 1 aliphatic carbocycles. The topological polar surface area (TPSA) is 74.6 Å². The molecule has 0 unspecified atom stereocenters. The number of carbonyl (C=O) groups is 1. The third kappa shape index (κ3) is 2.98. The molecule has 0 bridgehead atoms. The molecule has 2 heterocycles. The number of methoxy groups -OCH3 is 1. The van der Waals surface area contributed by atoms with E-state index in [0.29, 0.717) is 42.7 Å². The summed E-state index contributed by atoms with van der Waals surface area (Å²) < 4.78 is 18.5. The third-order valence-electron chi connectivity index (χ3n) is 4.96. The second kappa shape index (κ2) is 6.90. The second-order valence-corrected chi connectivity index (χ2v) is 6.59. The molecular formula is C19H23N3O4. The van der Waals surface area contributed by atoms with E-state index in [4.69, 9.17) is 14.2 Å². The molecule has 1 aromatic carbocycles. The van der Waals surface area contributed by atoms with Gasteiger partial charge in [-0.05, 0) is 31.7 Å². The number of rotatable bonds is 4. The molecule has 0 saturated carbocycles. The Morgan fingerprint density at radius 3 is 2.73 bits per heavy atom. The first-order valence-corrected chi connectivity index (χ1v) is 8.97. The van der Waals surface area contributed by atoms with Gasteiger partial charge >= 0.3 is 0 Å². The van der Waals surface area contributed by atoms with Gasteiger partial charge in [0.1, 0.15) is 19.0 Å². The van der Waals surface area contributed by atoms with E-state index in [1.54, 1.807) is 13.2 Å². The van der Waals surface area contributed by atoms with Crippen LogP contribution in [0.15, 0.2) is 12.1 Å². The van der Waals surface area contributed by atoms with Crippen LogP contribution in [0.3, 0.4) is 0 Å². The molecule has 1 aromatic heterocycles. The second-order valence-electron chi connectivity index (χ2n) is 6.59. The number of nitrogens with zero attached hydrogens (tertiary/aromatic N) is 2. The summed E-state index contributed by atoms with van der Waals surface area (Å²) in [5.74, 6) is 1.86. The summed E-state index contributed by atoms with van der Waals surface area (Å²) in [5, 5.41) is 7.42. The zero-order chi connectivity index (χ0) is 18.1. The number of amides is 1. The van der Waals surface area contributed by atoms with Gasteiger partial charge in [-0.3, -0.25) is 9.48 Å². The van der Waals surface area contributed by atoms with Gasteiger partial charge in [-0.1, -0.05) is 0 Å². The number of carbonyl (C=O) groups excluding carboxylic acids is 1. The SMILES string of the molecule is COc1cc2c(cc1CNC(=O)c1nn(C)c3c1CCCC3)OCCO2. The smallest absolute Gasteiger partial charge is 0.272 e. The molecule has 0 spiro atoms. The number of fused-ring (bicyclic) bond motifs is 2. The van der Waals surface area contributed by atoms with Gasteiger partial charge in [0.2, 0.25) is 0 Å². The van der Waals surface area contributed by atoms with Gasteiger partial charge < -0.3 is 19.5 Å². The van der Waals surface area contributed by atoms with Crippen LogP contribution in [0.4, 0.5) is 0 Å². The molecule has 2 aliphatic rings. The highest BCUT2D eigenvalue weighted by Gasteiger charge is 2.24. The number of aromatic nitrogens is 2. The molecule has 1 N–H and O–H groups in total. The first-order chi connectivity index (χ1) is 12.7. The van der Waals surface area contributed by atoms with Crippen LogP contribution in [-0.4, -0.2) is 36.0 Å². The fourth-order valence-electron chi connectivity index (χ4n) is 3.65. The van der Waals surface area contributed by atoms with Crippen molar-refractivity contribution in [3.63, 3.8) is 0 Å². The summed E-state index contributed by atoms with van der Waals surface area (Å²) in [7, 11) is 3.51. The van der Waals surface area contributed by atoms with Crippen molar-refractivity contribution in [2.75, 3.05) is 20.3 Å². The van der Waals surface area contributed by atoms with Gasteiger partial charge in [-0.2, -0.15) is 5.10 Å². The maximum absolute atomic E-state index is 12.7. The van der Waals surface area contributed by atoms with Gasteiger partial charge in [0.05, 0.1) is 7.11 Å². The summed E-state index contributed by atoms with van der Waals surface area (Å²) in [5.41, 5.74) is 3.65. The minimum Gasteiger partial charge on any atom is -0.496 e. The van der Waals surface area contributed by atoms with Crippen LogP contribution in [0.2, 0.25) is 0 Å². The Balaban J connectivity index is 1.53. The number of aryl methyl sites for hydroxylation is 1. The molecule has 0 atom stereocenters. The van der Waals surface area contributed by atoms with Crippen LogP contribution < -0.4 is 19.5 Å². The fraction of sp³-hybridized carbons (Fsp3) is 0.474. The lowest BCUT2D eigenvalue weighted by atomic mass is 9.95. The van der Waals surface area contributed by atoms with Crippen LogP contribution in [0.25, 0.3) is 0 Å². The van der Waals surface area contributed by atoms with E-state index in [-0.39, 0.29) is 5.91 Å². The average Bonchev–Trinajstić information content (AvgIpc) is 3.02. The molecule has 26 heavy (non-hydrogen) atoms. The molecule has 1 amide bonds. The fourth-order valence-corrected chi connectivity index (χ4v) is 3.65. The summed E-state index contributed by atoms with van der Waals surface area (Å²) in [6.45, 7) is 1.38. The third-order valence-corrected chi connectivity index (χ3v) is 4.96. The highest BCUT2D eigenvalue weighted by molar-refractivity contribution is 5.94. The number of hydrogen-bond acceptors (Lipinski definition) is 5. The predicted octanol–water partition coefficient (Wildman–Crippen LogP) is 2.01. The molecule has 7 nitrogen and oxygen atoms in total. The number of benzene rings is 1. The minimum absolute atomic E-state index is 0.152. The molecule has 0 saturated heterocycles. The monoisotopic (exact) mass is 357 g/mol. The molecule has 2 aromatic rings. The first kappa shape index (κ1) is 16.8. The lowest BCUT2D eigenvalue weighted by Crippen LogP contribution is -2.25. The summed E-state index contributed by atoms with van der Waals surface area (Å²) in [6.07, 6.45) is 4.16. The van der Waals surface area contributed by atoms with Crippen molar-refractivity contribution < 1.29 is 19.0 Å². The number of ether oxygens (including phenoxy) is 3. The van der Waals surface area contributed by atoms with Gasteiger partial charge in [0, 0.05) is 36.5 Å². The van der Waals surface area contributed by atoms with E-state index in [9.17, 15) is 4.79 Å². The van der Waals surface area contributed by atoms with Crippen molar-refractivity contribution >= 4 is 5.91 Å². The van der Waals surface area contributed by atoms with Crippen molar-refractivity contribution in [2.24, 2.45) is 7.05 Å². The Labute approximate surface area is 152 Å². The molecule has 138 valence electrons. The van der Waals surface area contributed by atoms with Crippen molar-refractivity contribution in [1.29, 1.82) is 0 Å². The van der Waals surface area contributed by atoms with Crippen molar-refractivity contribution in [3.05, 3.63) is 34.6 Å². The van der Waals surface area contributed by atoms with E-state index >= 15 is 0 Å². The molecule has 4 rings (SSSR count). The molecule has 1 aliphatic heterocycles. The van der Waals surface area contributed by atoms with Crippen molar-refractivity contribution in [2.45, 2.75) is 32.2 Å². The lowest BCUT2D eigenvalue weighted by molar-refractivity contribution is 0.0944. The van der Waals surface area contributed by atoms with E-state index in [2.05, 4.69) is 10.4 Å². The van der Waals surface area contributed by atoms with Gasteiger partial charge in [-0.25, -0.2) is 0 Å². The van der Waals surface area contributed by atoms with Crippen molar-refractivity contribution in [1.82, 2.24) is 15.1 Å². The van der Waals surface area contributed by atoms with Crippen LogP contribution in [-0.2, 0) is 26.4 Å². The average molecular weight is 357 g/mol. The van der Waals surface area contributed by atoms with E-state index in [1.165, 1.54) is 5.69 Å². The zero-order valence-corrected chi connectivity index (χ0v) is 15.1. The zero-order valence-electron chi connectivity index (χ0n) is 15.1. The van der Waals surface area contributed by atoms with E-state index < -0.39 is 0 Å². The quantitative estimate of drug-likeness (QED) is 0.906.